The molecule has 1 aliphatic rings. The lowest BCUT2D eigenvalue weighted by Gasteiger charge is -2.02. The molecule has 17 heavy (non-hydrogen) atoms. The molecule has 0 saturated heterocycles. The van der Waals surface area contributed by atoms with Gasteiger partial charge in [-0.15, -0.1) is 0 Å². The molecular weight excluding hydrogens is 258 g/mol. The maximum absolute atomic E-state index is 11.8. The molecule has 2 rings (SSSR count). The molecule has 90 valence electrons. The summed E-state index contributed by atoms with van der Waals surface area (Å²) in [6.07, 6.45) is 0. The fourth-order valence-electron chi connectivity index (χ4n) is 1.31. The van der Waals surface area contributed by atoms with Crippen LogP contribution in [0.15, 0.2) is 23.2 Å². The molecule has 0 radical (unpaired) electrons. The molecular formula is C11H11NO3S2. The molecule has 0 aliphatic carbocycles. The number of hydrogen-bond donors (Lipinski definition) is 2. The lowest BCUT2D eigenvalue weighted by molar-refractivity contribution is 0.102. The van der Waals surface area contributed by atoms with E-state index in [0.29, 0.717) is 11.3 Å². The molecule has 0 fully saturated rings. The average molecular weight is 269 g/mol. The van der Waals surface area contributed by atoms with E-state index in [1.165, 1.54) is 30.0 Å². The number of aromatic hydroxyl groups is 2. The lowest BCUT2D eigenvalue weighted by Crippen LogP contribution is -2.03. The van der Waals surface area contributed by atoms with Crippen LogP contribution in [-0.4, -0.2) is 38.4 Å². The fraction of sp³-hybridized carbons (Fsp3) is 0.273. The number of aliphatic imine (C=N–C) groups is 1. The smallest absolute Gasteiger partial charge is 0.173 e. The number of phenols is 2. The molecule has 0 aromatic heterocycles. The van der Waals surface area contributed by atoms with Gasteiger partial charge in [-0.05, 0) is 18.2 Å². The van der Waals surface area contributed by atoms with Crippen molar-refractivity contribution in [2.24, 2.45) is 4.99 Å². The molecule has 2 N–H and O–H groups in total. The molecule has 0 unspecified atom stereocenters. The van der Waals surface area contributed by atoms with Crippen LogP contribution in [-0.2, 0) is 0 Å². The number of nitrogens with zero attached hydrogens (tertiary/aromatic N) is 1. The molecule has 4 nitrogen and oxygen atoms in total. The van der Waals surface area contributed by atoms with E-state index < -0.39 is 0 Å². The van der Waals surface area contributed by atoms with Crippen LogP contribution < -0.4 is 0 Å². The molecule has 0 saturated carbocycles. The second-order valence-corrected chi connectivity index (χ2v) is 5.72. The zero-order chi connectivity index (χ0) is 12.3. The monoisotopic (exact) mass is 269 g/mol. The first-order valence-corrected chi connectivity index (χ1v) is 6.99. The first-order valence-electron chi connectivity index (χ1n) is 5.02. The van der Waals surface area contributed by atoms with Gasteiger partial charge in [0, 0.05) is 11.3 Å². The van der Waals surface area contributed by atoms with Crippen molar-refractivity contribution in [2.45, 2.75) is 0 Å². The normalized spacial score (nSPS) is 14.7. The maximum atomic E-state index is 11.8. The van der Waals surface area contributed by atoms with Crippen molar-refractivity contribution in [3.05, 3.63) is 23.8 Å². The Kier molecular flexibility index (Phi) is 3.96. The number of rotatable bonds is 3. The van der Waals surface area contributed by atoms with Crippen LogP contribution in [0.25, 0.3) is 0 Å². The quantitative estimate of drug-likeness (QED) is 0.649. The summed E-state index contributed by atoms with van der Waals surface area (Å²) in [7, 11) is 0. The molecule has 0 bridgehead atoms. The number of carbonyl (C=O) groups is 1. The van der Waals surface area contributed by atoms with Gasteiger partial charge in [-0.1, -0.05) is 23.5 Å². The number of hydrogen-bond acceptors (Lipinski definition) is 6. The highest BCUT2D eigenvalue weighted by atomic mass is 32.2. The van der Waals surface area contributed by atoms with Gasteiger partial charge in [0.2, 0.25) is 0 Å². The van der Waals surface area contributed by atoms with Gasteiger partial charge in [0.25, 0.3) is 0 Å². The summed E-state index contributed by atoms with van der Waals surface area (Å²) in [5.74, 6) is 0.714. The summed E-state index contributed by atoms with van der Waals surface area (Å²) >= 11 is 3.07. The van der Waals surface area contributed by atoms with Crippen LogP contribution >= 0.6 is 23.5 Å². The molecule has 0 spiro atoms. The van der Waals surface area contributed by atoms with Crippen molar-refractivity contribution in [1.82, 2.24) is 0 Å². The first kappa shape index (κ1) is 12.3. The minimum absolute atomic E-state index is 0.0829. The van der Waals surface area contributed by atoms with E-state index in [9.17, 15) is 9.90 Å². The molecule has 1 heterocycles. The molecule has 1 aromatic carbocycles. The Morgan fingerprint density at radius 3 is 2.88 bits per heavy atom. The molecule has 1 aliphatic heterocycles. The largest absolute Gasteiger partial charge is 0.504 e. The highest BCUT2D eigenvalue weighted by Gasteiger charge is 2.13. The van der Waals surface area contributed by atoms with Crippen LogP contribution in [0.4, 0.5) is 0 Å². The highest BCUT2D eigenvalue weighted by molar-refractivity contribution is 8.39. The van der Waals surface area contributed by atoms with Gasteiger partial charge < -0.3 is 10.2 Å². The average Bonchev–Trinajstić information content (AvgIpc) is 2.82. The van der Waals surface area contributed by atoms with Gasteiger partial charge in [-0.3, -0.25) is 9.79 Å². The summed E-state index contributed by atoms with van der Waals surface area (Å²) < 4.78 is 0.946. The third-order valence-corrected chi connectivity index (χ3v) is 4.43. The molecule has 6 heteroatoms. The van der Waals surface area contributed by atoms with Gasteiger partial charge >= 0.3 is 0 Å². The third kappa shape index (κ3) is 3.17. The van der Waals surface area contributed by atoms with Gasteiger partial charge in [0.1, 0.15) is 4.38 Å². The van der Waals surface area contributed by atoms with Gasteiger partial charge in [0.05, 0.1) is 12.3 Å². The Morgan fingerprint density at radius 2 is 2.24 bits per heavy atom. The minimum atomic E-state index is -0.270. The SMILES string of the molecule is O=C(CSC1=NCCS1)c1ccc(O)c(O)c1. The zero-order valence-electron chi connectivity index (χ0n) is 8.92. The highest BCUT2D eigenvalue weighted by Crippen LogP contribution is 2.27. The standard InChI is InChI=1S/C11H11NO3S2/c13-8-2-1-7(5-9(8)14)10(15)6-17-11-12-3-4-16-11/h1-2,5,13-14H,3-4,6H2. The van der Waals surface area contributed by atoms with Crippen LogP contribution in [0.3, 0.4) is 0 Å². The molecule has 0 atom stereocenters. The number of thioether (sulfide) groups is 2. The predicted molar refractivity (Wildman–Crippen MR) is 71.3 cm³/mol. The number of benzene rings is 1. The predicted octanol–water partition coefficient (Wildman–Crippen LogP) is 2.12. The van der Waals surface area contributed by atoms with E-state index in [4.69, 9.17) is 5.11 Å². The first-order chi connectivity index (χ1) is 8.16. The Labute approximate surface area is 107 Å². The summed E-state index contributed by atoms with van der Waals surface area (Å²) in [4.78, 5) is 16.0. The Hall–Kier alpha value is -1.14. The van der Waals surface area contributed by atoms with Crippen LogP contribution in [0.1, 0.15) is 10.4 Å². The number of phenolic OH excluding ortho intramolecular Hbond substituents is 2. The van der Waals surface area contributed by atoms with Crippen molar-refractivity contribution in [1.29, 1.82) is 0 Å². The summed E-state index contributed by atoms with van der Waals surface area (Å²) in [5.41, 5.74) is 0.399. The van der Waals surface area contributed by atoms with E-state index in [0.717, 1.165) is 16.7 Å². The van der Waals surface area contributed by atoms with Gasteiger partial charge in [-0.2, -0.15) is 0 Å². The van der Waals surface area contributed by atoms with Crippen molar-refractivity contribution < 1.29 is 15.0 Å². The van der Waals surface area contributed by atoms with Crippen LogP contribution in [0.2, 0.25) is 0 Å². The zero-order valence-corrected chi connectivity index (χ0v) is 10.6. The van der Waals surface area contributed by atoms with Crippen molar-refractivity contribution in [2.75, 3.05) is 18.1 Å². The Morgan fingerprint density at radius 1 is 1.41 bits per heavy atom. The second kappa shape index (κ2) is 5.46. The van der Waals surface area contributed by atoms with Crippen molar-refractivity contribution >= 4 is 33.7 Å². The number of ketones is 1. The topological polar surface area (TPSA) is 69.9 Å². The second-order valence-electron chi connectivity index (χ2n) is 3.41. The summed E-state index contributed by atoms with van der Waals surface area (Å²) in [5, 5.41) is 18.4. The maximum Gasteiger partial charge on any atom is 0.173 e. The summed E-state index contributed by atoms with van der Waals surface area (Å²) in [6.45, 7) is 0.821. The van der Waals surface area contributed by atoms with E-state index in [1.54, 1.807) is 11.8 Å². The van der Waals surface area contributed by atoms with E-state index >= 15 is 0 Å². The fourth-order valence-corrected chi connectivity index (χ4v) is 3.21. The van der Waals surface area contributed by atoms with Gasteiger partial charge in [-0.25, -0.2) is 0 Å². The minimum Gasteiger partial charge on any atom is -0.504 e. The van der Waals surface area contributed by atoms with Gasteiger partial charge in [0.15, 0.2) is 17.3 Å². The third-order valence-electron chi connectivity index (χ3n) is 2.18. The van der Waals surface area contributed by atoms with Crippen molar-refractivity contribution in [3.63, 3.8) is 0 Å². The van der Waals surface area contributed by atoms with E-state index in [-0.39, 0.29) is 17.3 Å². The molecule has 0 amide bonds. The number of carbonyl (C=O) groups excluding carboxylic acids is 1. The van der Waals surface area contributed by atoms with Crippen molar-refractivity contribution in [3.8, 4) is 11.5 Å². The summed E-state index contributed by atoms with van der Waals surface area (Å²) in [6, 6.07) is 4.10. The van der Waals surface area contributed by atoms with E-state index in [1.807, 2.05) is 0 Å². The molecule has 1 aromatic rings. The Balaban J connectivity index is 1.97. The van der Waals surface area contributed by atoms with Crippen LogP contribution in [0, 0.1) is 0 Å². The Bertz CT molecular complexity index is 474. The lowest BCUT2D eigenvalue weighted by atomic mass is 10.1. The van der Waals surface area contributed by atoms with E-state index in [2.05, 4.69) is 4.99 Å². The van der Waals surface area contributed by atoms with Crippen LogP contribution in [0.5, 0.6) is 11.5 Å². The number of Topliss-reactive ketones (excluding diaryl/α,β-unsaturated/α-hetero) is 1.